The summed E-state index contributed by atoms with van der Waals surface area (Å²) in [6, 6.07) is 16.9. The highest BCUT2D eigenvalue weighted by molar-refractivity contribution is 7.98. The van der Waals surface area contributed by atoms with E-state index in [1.165, 1.54) is 11.3 Å². The smallest absolute Gasteiger partial charge is 0.267 e. The summed E-state index contributed by atoms with van der Waals surface area (Å²) in [7, 11) is 0. The Morgan fingerprint density at radius 3 is 2.34 bits per heavy atom. The Kier molecular flexibility index (Phi) is 6.99. The van der Waals surface area contributed by atoms with Crippen molar-refractivity contribution >= 4 is 46.2 Å². The zero-order chi connectivity index (χ0) is 22.5. The molecule has 0 aliphatic carbocycles. The Bertz CT molecular complexity index is 1230. The number of amides is 2. The maximum Gasteiger partial charge on any atom is 0.281 e. The largest absolute Gasteiger partial charge is 0.281 e. The van der Waals surface area contributed by atoms with Crippen molar-refractivity contribution in [3.8, 4) is 10.6 Å². The summed E-state index contributed by atoms with van der Waals surface area (Å²) < 4.78 is 0. The van der Waals surface area contributed by atoms with Crippen LogP contribution in [0.1, 0.15) is 36.4 Å². The van der Waals surface area contributed by atoms with E-state index < -0.39 is 0 Å². The molecule has 0 unspecified atom stereocenters. The summed E-state index contributed by atoms with van der Waals surface area (Å²) in [6.45, 7) is 3.77. The van der Waals surface area contributed by atoms with Crippen molar-refractivity contribution in [1.82, 2.24) is 20.8 Å². The highest BCUT2D eigenvalue weighted by Gasteiger charge is 2.17. The summed E-state index contributed by atoms with van der Waals surface area (Å²) in [6.07, 6.45) is 0. The number of hydrogen-bond acceptors (Lipinski definition) is 7. The summed E-state index contributed by atoms with van der Waals surface area (Å²) in [5.41, 5.74) is 8.05. The van der Waals surface area contributed by atoms with Gasteiger partial charge in [0.25, 0.3) is 11.8 Å². The number of carbonyl (C=O) groups excluding carboxylic acids is 2. The second-order valence-corrected chi connectivity index (χ2v) is 9.99. The summed E-state index contributed by atoms with van der Waals surface area (Å²) in [4.78, 5) is 35.4. The van der Waals surface area contributed by atoms with E-state index in [0.29, 0.717) is 16.1 Å². The molecule has 32 heavy (non-hydrogen) atoms. The number of carbonyl (C=O) groups is 2. The van der Waals surface area contributed by atoms with Gasteiger partial charge in [-0.05, 0) is 38.1 Å². The lowest BCUT2D eigenvalue weighted by molar-refractivity contribution is 0.0848. The quantitative estimate of drug-likeness (QED) is 0.291. The first-order chi connectivity index (χ1) is 15.5. The fraction of sp³-hybridized carbons (Fsp3) is 0.130. The molecule has 0 atom stereocenters. The van der Waals surface area contributed by atoms with E-state index in [-0.39, 0.29) is 11.8 Å². The highest BCUT2D eigenvalue weighted by atomic mass is 32.2. The number of aromatic nitrogens is 2. The number of thiazole rings is 2. The van der Waals surface area contributed by atoms with Gasteiger partial charge < -0.3 is 0 Å². The predicted molar refractivity (Wildman–Crippen MR) is 130 cm³/mol. The molecule has 6 nitrogen and oxygen atoms in total. The van der Waals surface area contributed by atoms with E-state index in [0.717, 1.165) is 31.9 Å². The number of aryl methyl sites for hydroxylation is 2. The minimum absolute atomic E-state index is 0.379. The molecule has 0 aliphatic rings. The fourth-order valence-corrected chi connectivity index (χ4v) is 5.36. The van der Waals surface area contributed by atoms with Crippen LogP contribution in [0, 0.1) is 13.8 Å². The van der Waals surface area contributed by atoms with Crippen LogP contribution < -0.4 is 10.9 Å². The van der Waals surface area contributed by atoms with Gasteiger partial charge in [-0.15, -0.1) is 34.4 Å². The summed E-state index contributed by atoms with van der Waals surface area (Å²) >= 11 is 4.59. The van der Waals surface area contributed by atoms with Gasteiger partial charge in [-0.1, -0.05) is 30.3 Å². The van der Waals surface area contributed by atoms with Crippen molar-refractivity contribution in [1.29, 1.82) is 0 Å². The molecule has 9 heteroatoms. The molecule has 0 bridgehead atoms. The normalized spacial score (nSPS) is 10.7. The van der Waals surface area contributed by atoms with Gasteiger partial charge >= 0.3 is 0 Å². The van der Waals surface area contributed by atoms with Crippen LogP contribution in [-0.2, 0) is 5.75 Å². The van der Waals surface area contributed by atoms with Crippen molar-refractivity contribution in [3.05, 3.63) is 86.8 Å². The maximum absolute atomic E-state index is 12.6. The van der Waals surface area contributed by atoms with Crippen molar-refractivity contribution in [3.63, 3.8) is 0 Å². The van der Waals surface area contributed by atoms with Crippen LogP contribution in [0.2, 0.25) is 0 Å². The number of benzene rings is 2. The molecule has 2 aromatic heterocycles. The number of hydrogen-bond donors (Lipinski definition) is 2. The van der Waals surface area contributed by atoms with Crippen molar-refractivity contribution in [2.45, 2.75) is 24.5 Å². The molecule has 2 N–H and O–H groups in total. The molecule has 0 saturated carbocycles. The Morgan fingerprint density at radius 2 is 1.66 bits per heavy atom. The minimum Gasteiger partial charge on any atom is -0.267 e. The van der Waals surface area contributed by atoms with Crippen LogP contribution in [0.4, 0.5) is 0 Å². The third-order valence-electron chi connectivity index (χ3n) is 4.48. The van der Waals surface area contributed by atoms with Crippen molar-refractivity contribution in [2.24, 2.45) is 0 Å². The molecule has 162 valence electrons. The second-order valence-electron chi connectivity index (χ2n) is 6.88. The average Bonchev–Trinajstić information content (AvgIpc) is 3.42. The first-order valence-corrected chi connectivity index (χ1v) is 12.4. The topological polar surface area (TPSA) is 84.0 Å². The highest BCUT2D eigenvalue weighted by Crippen LogP contribution is 2.27. The van der Waals surface area contributed by atoms with Gasteiger partial charge in [-0.3, -0.25) is 20.4 Å². The third-order valence-corrected chi connectivity index (χ3v) is 7.56. The van der Waals surface area contributed by atoms with Crippen LogP contribution in [0.25, 0.3) is 10.6 Å². The van der Waals surface area contributed by atoms with Gasteiger partial charge in [0.1, 0.15) is 9.88 Å². The van der Waals surface area contributed by atoms with E-state index in [4.69, 9.17) is 0 Å². The standard InChI is InChI=1S/C23H20N4O2S3/c1-14-20(32-23(24-14)17-6-4-3-5-7-17)22(29)27-26-21(28)16-8-10-19(11-9-16)31-13-18-12-30-15(2)25-18/h3-12H,13H2,1-2H3,(H,26,28)(H,27,29). The number of rotatable bonds is 6. The van der Waals surface area contributed by atoms with E-state index in [1.54, 1.807) is 42.2 Å². The number of hydrazine groups is 1. The van der Waals surface area contributed by atoms with Gasteiger partial charge in [0, 0.05) is 27.2 Å². The predicted octanol–water partition coefficient (Wildman–Crippen LogP) is 5.25. The van der Waals surface area contributed by atoms with Crippen LogP contribution in [0.3, 0.4) is 0 Å². The number of nitrogens with zero attached hydrogens (tertiary/aromatic N) is 2. The SMILES string of the molecule is Cc1nc(CSc2ccc(C(=O)NNC(=O)c3sc(-c4ccccc4)nc3C)cc2)cs1. The van der Waals surface area contributed by atoms with Crippen molar-refractivity contribution in [2.75, 3.05) is 0 Å². The molecule has 2 heterocycles. The summed E-state index contributed by atoms with van der Waals surface area (Å²) in [5, 5.41) is 3.88. The molecule has 0 aliphatic heterocycles. The first-order valence-electron chi connectivity index (χ1n) is 9.77. The molecule has 4 aromatic rings. The van der Waals surface area contributed by atoms with Gasteiger partial charge in [-0.2, -0.15) is 0 Å². The average molecular weight is 481 g/mol. The summed E-state index contributed by atoms with van der Waals surface area (Å²) in [5.74, 6) is 0.0159. The molecule has 2 amide bonds. The molecule has 0 spiro atoms. The van der Waals surface area contributed by atoms with E-state index in [1.807, 2.05) is 49.4 Å². The van der Waals surface area contributed by atoms with Gasteiger partial charge in [0.15, 0.2) is 0 Å². The van der Waals surface area contributed by atoms with Crippen molar-refractivity contribution < 1.29 is 9.59 Å². The lowest BCUT2D eigenvalue weighted by Crippen LogP contribution is -2.41. The Morgan fingerprint density at radius 1 is 0.938 bits per heavy atom. The molecule has 0 fully saturated rings. The van der Waals surface area contributed by atoms with Crippen LogP contribution in [-0.4, -0.2) is 21.8 Å². The van der Waals surface area contributed by atoms with Crippen LogP contribution in [0.5, 0.6) is 0 Å². The van der Waals surface area contributed by atoms with E-state index in [9.17, 15) is 9.59 Å². The maximum atomic E-state index is 12.6. The van der Waals surface area contributed by atoms with Crippen LogP contribution >= 0.6 is 34.4 Å². The van der Waals surface area contributed by atoms with Gasteiger partial charge in [-0.25, -0.2) is 9.97 Å². The molecule has 2 aromatic carbocycles. The minimum atomic E-state index is -0.388. The van der Waals surface area contributed by atoms with Gasteiger partial charge in [0.05, 0.1) is 16.4 Å². The Hall–Kier alpha value is -3.01. The monoisotopic (exact) mass is 480 g/mol. The van der Waals surface area contributed by atoms with Gasteiger partial charge in [0.2, 0.25) is 0 Å². The van der Waals surface area contributed by atoms with Crippen LogP contribution in [0.15, 0.2) is 64.9 Å². The van der Waals surface area contributed by atoms with E-state index in [2.05, 4.69) is 26.2 Å². The third kappa shape index (κ3) is 5.42. The second kappa shape index (κ2) is 10.1. The molecular weight excluding hydrogens is 460 g/mol. The zero-order valence-electron chi connectivity index (χ0n) is 17.4. The molecule has 0 radical (unpaired) electrons. The lowest BCUT2D eigenvalue weighted by atomic mass is 10.2. The number of thioether (sulfide) groups is 1. The Labute approximate surface area is 198 Å². The first kappa shape index (κ1) is 22.2. The van der Waals surface area contributed by atoms with E-state index >= 15 is 0 Å². The Balaban J connectivity index is 1.32. The fourth-order valence-electron chi connectivity index (χ4n) is 2.89. The number of nitrogens with one attached hydrogen (secondary N) is 2. The lowest BCUT2D eigenvalue weighted by Gasteiger charge is -2.07. The zero-order valence-corrected chi connectivity index (χ0v) is 19.9. The molecular formula is C23H20N4O2S3. The molecule has 0 saturated heterocycles. The molecule has 4 rings (SSSR count).